The van der Waals surface area contributed by atoms with E-state index in [2.05, 4.69) is 10.9 Å². The van der Waals surface area contributed by atoms with Crippen molar-refractivity contribution in [1.29, 1.82) is 0 Å². The van der Waals surface area contributed by atoms with Crippen LogP contribution < -0.4 is 10.9 Å². The molecule has 0 unspecified atom stereocenters. The molecule has 0 aromatic heterocycles. The van der Waals surface area contributed by atoms with Gasteiger partial charge in [-0.2, -0.15) is 0 Å². The van der Waals surface area contributed by atoms with Crippen molar-refractivity contribution in [3.8, 4) is 0 Å². The summed E-state index contributed by atoms with van der Waals surface area (Å²) in [6.07, 6.45) is 0. The van der Waals surface area contributed by atoms with Gasteiger partial charge in [-0.25, -0.2) is 5.43 Å². The van der Waals surface area contributed by atoms with E-state index in [0.717, 1.165) is 5.56 Å². The fourth-order valence-electron chi connectivity index (χ4n) is 1.10. The Morgan fingerprint density at radius 2 is 1.93 bits per heavy atom. The van der Waals surface area contributed by atoms with Crippen molar-refractivity contribution in [1.82, 2.24) is 10.9 Å². The zero-order valence-corrected chi connectivity index (χ0v) is 9.72. The number of hydrogen-bond acceptors (Lipinski definition) is 2. The molecule has 0 heterocycles. The second-order valence-corrected chi connectivity index (χ2v) is 4.70. The van der Waals surface area contributed by atoms with Crippen LogP contribution in [0.1, 0.15) is 36.7 Å². The average molecular weight is 206 g/mol. The third kappa shape index (κ3) is 4.13. The van der Waals surface area contributed by atoms with Crippen LogP contribution in [0.2, 0.25) is 0 Å². The summed E-state index contributed by atoms with van der Waals surface area (Å²) in [7, 11) is 0. The van der Waals surface area contributed by atoms with E-state index in [4.69, 9.17) is 0 Å². The van der Waals surface area contributed by atoms with E-state index < -0.39 is 0 Å². The van der Waals surface area contributed by atoms with Crippen molar-refractivity contribution in [2.24, 2.45) is 0 Å². The summed E-state index contributed by atoms with van der Waals surface area (Å²) in [5.41, 5.74) is 7.25. The molecule has 1 rings (SSSR count). The molecule has 0 radical (unpaired) electrons. The molecule has 1 amide bonds. The van der Waals surface area contributed by atoms with Crippen molar-refractivity contribution in [3.63, 3.8) is 0 Å². The molecule has 0 aliphatic carbocycles. The third-order valence-electron chi connectivity index (χ3n) is 1.83. The lowest BCUT2D eigenvalue weighted by atomic mass is 10.1. The topological polar surface area (TPSA) is 41.1 Å². The predicted molar refractivity (Wildman–Crippen MR) is 61.5 cm³/mol. The quantitative estimate of drug-likeness (QED) is 0.727. The van der Waals surface area contributed by atoms with Gasteiger partial charge in [0.15, 0.2) is 0 Å². The van der Waals surface area contributed by atoms with E-state index in [1.807, 2.05) is 45.9 Å². The minimum absolute atomic E-state index is 0.103. The van der Waals surface area contributed by atoms with Crippen LogP contribution in [0.25, 0.3) is 0 Å². The van der Waals surface area contributed by atoms with Gasteiger partial charge in [-0.15, -0.1) is 0 Å². The highest BCUT2D eigenvalue weighted by atomic mass is 16.2. The maximum Gasteiger partial charge on any atom is 0.265 e. The number of amides is 1. The van der Waals surface area contributed by atoms with E-state index >= 15 is 0 Å². The maximum absolute atomic E-state index is 11.7. The molecule has 82 valence electrons. The lowest BCUT2D eigenvalue weighted by molar-refractivity contribution is 0.0914. The summed E-state index contributed by atoms with van der Waals surface area (Å²) in [6.45, 7) is 7.94. The molecule has 0 spiro atoms. The Hall–Kier alpha value is -1.35. The Morgan fingerprint density at radius 1 is 1.27 bits per heavy atom. The highest BCUT2D eigenvalue weighted by Crippen LogP contribution is 2.03. The van der Waals surface area contributed by atoms with Gasteiger partial charge in [0.1, 0.15) is 0 Å². The number of benzene rings is 1. The summed E-state index contributed by atoms with van der Waals surface area (Å²) in [5.74, 6) is -0.103. The smallest absolute Gasteiger partial charge is 0.265 e. The first-order valence-electron chi connectivity index (χ1n) is 5.03. The van der Waals surface area contributed by atoms with Gasteiger partial charge in [0.05, 0.1) is 0 Å². The van der Waals surface area contributed by atoms with Crippen LogP contribution in [0.15, 0.2) is 24.3 Å². The molecule has 0 fully saturated rings. The summed E-state index contributed by atoms with van der Waals surface area (Å²) >= 11 is 0. The number of rotatable bonds is 2. The Bertz CT molecular complexity index is 353. The second kappa shape index (κ2) is 4.45. The fraction of sp³-hybridized carbons (Fsp3) is 0.417. The van der Waals surface area contributed by atoms with E-state index in [1.165, 1.54) is 0 Å². The largest absolute Gasteiger partial charge is 0.287 e. The second-order valence-electron chi connectivity index (χ2n) is 4.70. The highest BCUT2D eigenvalue weighted by molar-refractivity contribution is 5.94. The number of hydrogen-bond donors (Lipinski definition) is 2. The summed E-state index contributed by atoms with van der Waals surface area (Å²) in [5, 5.41) is 0. The summed E-state index contributed by atoms with van der Waals surface area (Å²) in [4.78, 5) is 11.7. The minimum Gasteiger partial charge on any atom is -0.287 e. The van der Waals surface area contributed by atoms with Crippen LogP contribution in [0.4, 0.5) is 0 Å². The summed E-state index contributed by atoms with van der Waals surface area (Å²) < 4.78 is 0. The van der Waals surface area contributed by atoms with Crippen LogP contribution in [0, 0.1) is 6.92 Å². The Morgan fingerprint density at radius 3 is 2.47 bits per heavy atom. The molecular formula is C12H18N2O. The van der Waals surface area contributed by atoms with Gasteiger partial charge in [-0.05, 0) is 39.8 Å². The van der Waals surface area contributed by atoms with E-state index in [-0.39, 0.29) is 11.4 Å². The standard InChI is InChI=1S/C12H18N2O/c1-9-6-5-7-10(8-9)11(15)13-14-12(2,3)4/h5-8,14H,1-4H3,(H,13,15). The van der Waals surface area contributed by atoms with Crippen LogP contribution in [-0.4, -0.2) is 11.4 Å². The van der Waals surface area contributed by atoms with Gasteiger partial charge in [-0.1, -0.05) is 17.7 Å². The molecule has 0 aliphatic heterocycles. The number of carbonyl (C=O) groups is 1. The van der Waals surface area contributed by atoms with E-state index in [1.54, 1.807) is 6.07 Å². The Labute approximate surface area is 90.9 Å². The number of carbonyl (C=O) groups excluding carboxylic acids is 1. The molecule has 0 saturated carbocycles. The number of hydrazine groups is 1. The SMILES string of the molecule is Cc1cccc(C(=O)NNC(C)(C)C)c1. The lowest BCUT2D eigenvalue weighted by Crippen LogP contribution is -2.48. The van der Waals surface area contributed by atoms with Gasteiger partial charge < -0.3 is 0 Å². The van der Waals surface area contributed by atoms with Crippen molar-refractivity contribution in [2.45, 2.75) is 33.2 Å². The molecule has 15 heavy (non-hydrogen) atoms. The van der Waals surface area contributed by atoms with Crippen molar-refractivity contribution >= 4 is 5.91 Å². The maximum atomic E-state index is 11.7. The monoisotopic (exact) mass is 206 g/mol. The molecule has 3 heteroatoms. The van der Waals surface area contributed by atoms with Crippen molar-refractivity contribution < 1.29 is 4.79 Å². The zero-order chi connectivity index (χ0) is 11.5. The first-order chi connectivity index (χ1) is 6.88. The Balaban J connectivity index is 2.62. The van der Waals surface area contributed by atoms with Crippen molar-refractivity contribution in [3.05, 3.63) is 35.4 Å². The van der Waals surface area contributed by atoms with Crippen LogP contribution in [0.5, 0.6) is 0 Å². The molecule has 0 bridgehead atoms. The van der Waals surface area contributed by atoms with Crippen molar-refractivity contribution in [2.75, 3.05) is 0 Å². The van der Waals surface area contributed by atoms with Crippen LogP contribution >= 0.6 is 0 Å². The molecule has 1 aromatic rings. The third-order valence-corrected chi connectivity index (χ3v) is 1.83. The van der Waals surface area contributed by atoms with Crippen LogP contribution in [0.3, 0.4) is 0 Å². The molecule has 0 atom stereocenters. The Kier molecular flexibility index (Phi) is 3.48. The van der Waals surface area contributed by atoms with Gasteiger partial charge in [0, 0.05) is 11.1 Å². The van der Waals surface area contributed by atoms with Crippen LogP contribution in [-0.2, 0) is 0 Å². The fourth-order valence-corrected chi connectivity index (χ4v) is 1.10. The average Bonchev–Trinajstić information content (AvgIpc) is 2.13. The van der Waals surface area contributed by atoms with E-state index in [0.29, 0.717) is 5.56 Å². The van der Waals surface area contributed by atoms with Gasteiger partial charge in [0.25, 0.3) is 5.91 Å². The first-order valence-corrected chi connectivity index (χ1v) is 5.03. The normalized spacial score (nSPS) is 11.2. The highest BCUT2D eigenvalue weighted by Gasteiger charge is 2.11. The molecule has 2 N–H and O–H groups in total. The lowest BCUT2D eigenvalue weighted by Gasteiger charge is -2.20. The number of aryl methyl sites for hydroxylation is 1. The zero-order valence-electron chi connectivity index (χ0n) is 9.72. The molecule has 3 nitrogen and oxygen atoms in total. The molecule has 1 aromatic carbocycles. The predicted octanol–water partition coefficient (Wildman–Crippen LogP) is 2.03. The molecule has 0 aliphatic rings. The van der Waals surface area contributed by atoms with E-state index in [9.17, 15) is 4.79 Å². The summed E-state index contributed by atoms with van der Waals surface area (Å²) in [6, 6.07) is 7.50. The van der Waals surface area contributed by atoms with Gasteiger partial charge in [0.2, 0.25) is 0 Å². The molecular weight excluding hydrogens is 188 g/mol. The molecule has 0 saturated heterocycles. The number of nitrogens with one attached hydrogen (secondary N) is 2. The first kappa shape index (κ1) is 11.7. The van der Waals surface area contributed by atoms with Gasteiger partial charge >= 0.3 is 0 Å². The minimum atomic E-state index is -0.126. The van der Waals surface area contributed by atoms with Gasteiger partial charge in [-0.3, -0.25) is 10.2 Å².